The van der Waals surface area contributed by atoms with Gasteiger partial charge in [-0.2, -0.15) is 0 Å². The van der Waals surface area contributed by atoms with Gasteiger partial charge in [-0.3, -0.25) is 5.26 Å². The predicted molar refractivity (Wildman–Crippen MR) is 43.1 cm³/mol. The Kier molecular flexibility index (Phi) is 3.83. The average Bonchev–Trinajstić information content (AvgIpc) is 2.07. The Morgan fingerprint density at radius 1 is 1.36 bits per heavy atom. The predicted octanol–water partition coefficient (Wildman–Crippen LogP) is 1.38. The van der Waals surface area contributed by atoms with Gasteiger partial charge in [0.1, 0.15) is 0 Å². The minimum absolute atomic E-state index is 0.0281. The Hall–Kier alpha value is -0.120. The molecule has 0 aromatic heterocycles. The molecule has 3 N–H and O–H groups in total. The van der Waals surface area contributed by atoms with Crippen molar-refractivity contribution in [3.8, 4) is 0 Å². The van der Waals surface area contributed by atoms with E-state index in [-0.39, 0.29) is 12.6 Å². The molecule has 0 unspecified atom stereocenters. The van der Waals surface area contributed by atoms with Crippen LogP contribution in [0.1, 0.15) is 32.1 Å². The van der Waals surface area contributed by atoms with Crippen molar-refractivity contribution in [2.45, 2.75) is 38.1 Å². The van der Waals surface area contributed by atoms with Crippen molar-refractivity contribution in [1.29, 1.82) is 0 Å². The highest BCUT2D eigenvalue weighted by atomic mass is 17.1. The fourth-order valence-electron chi connectivity index (χ4n) is 1.78. The first-order chi connectivity index (χ1) is 5.34. The maximum Gasteiger partial charge on any atom is 0.0973 e. The van der Waals surface area contributed by atoms with Crippen LogP contribution < -0.4 is 5.73 Å². The van der Waals surface area contributed by atoms with Gasteiger partial charge >= 0.3 is 0 Å². The van der Waals surface area contributed by atoms with Crippen LogP contribution in [0.5, 0.6) is 0 Å². The fraction of sp³-hybridized carbons (Fsp3) is 1.00. The van der Waals surface area contributed by atoms with Gasteiger partial charge < -0.3 is 5.73 Å². The average molecular weight is 159 g/mol. The topological polar surface area (TPSA) is 55.5 Å². The van der Waals surface area contributed by atoms with Crippen molar-refractivity contribution in [3.63, 3.8) is 0 Å². The van der Waals surface area contributed by atoms with Crippen molar-refractivity contribution in [1.82, 2.24) is 0 Å². The lowest BCUT2D eigenvalue weighted by Crippen LogP contribution is -2.35. The van der Waals surface area contributed by atoms with Gasteiger partial charge in [-0.1, -0.05) is 19.3 Å². The second kappa shape index (κ2) is 4.70. The summed E-state index contributed by atoms with van der Waals surface area (Å²) in [5.74, 6) is 0.566. The molecule has 66 valence electrons. The van der Waals surface area contributed by atoms with Gasteiger partial charge in [0.15, 0.2) is 0 Å². The van der Waals surface area contributed by atoms with Crippen LogP contribution in [0.25, 0.3) is 0 Å². The molecule has 11 heavy (non-hydrogen) atoms. The Bertz CT molecular complexity index is 102. The molecule has 1 aliphatic rings. The van der Waals surface area contributed by atoms with Gasteiger partial charge in [0.25, 0.3) is 0 Å². The molecule has 0 aromatic carbocycles. The lowest BCUT2D eigenvalue weighted by atomic mass is 9.84. The molecule has 0 heterocycles. The minimum atomic E-state index is 0.0281. The molecule has 0 aliphatic heterocycles. The molecule has 0 bridgehead atoms. The largest absolute Gasteiger partial charge is 0.325 e. The van der Waals surface area contributed by atoms with E-state index in [0.29, 0.717) is 5.92 Å². The van der Waals surface area contributed by atoms with Crippen molar-refractivity contribution < 1.29 is 10.1 Å². The van der Waals surface area contributed by atoms with Gasteiger partial charge in [-0.15, -0.1) is 0 Å². The summed E-state index contributed by atoms with van der Waals surface area (Å²) in [7, 11) is 0. The molecule has 1 aliphatic carbocycles. The SMILES string of the molecule is N[C@@H](COO)C1CCCCC1. The molecule has 1 atom stereocenters. The number of rotatable bonds is 3. The standard InChI is InChI=1S/C8H17NO2/c9-8(6-11-10)7-4-2-1-3-5-7/h7-8,10H,1-6,9H2/t8-/m0/s1. The molecule has 1 rings (SSSR count). The van der Waals surface area contributed by atoms with Crippen molar-refractivity contribution in [2.24, 2.45) is 11.7 Å². The van der Waals surface area contributed by atoms with Crippen LogP contribution in [0.2, 0.25) is 0 Å². The van der Waals surface area contributed by atoms with Gasteiger partial charge in [0, 0.05) is 6.04 Å². The zero-order chi connectivity index (χ0) is 8.10. The molecule has 1 fully saturated rings. The summed E-state index contributed by atoms with van der Waals surface area (Å²) in [5.41, 5.74) is 5.77. The smallest absolute Gasteiger partial charge is 0.0973 e. The first-order valence-electron chi connectivity index (χ1n) is 4.36. The van der Waals surface area contributed by atoms with Crippen LogP contribution >= 0.6 is 0 Å². The molecular formula is C8H17NO2. The van der Waals surface area contributed by atoms with Gasteiger partial charge in [-0.05, 0) is 18.8 Å². The van der Waals surface area contributed by atoms with E-state index in [2.05, 4.69) is 4.89 Å². The van der Waals surface area contributed by atoms with Gasteiger partial charge in [0.05, 0.1) is 6.61 Å². The van der Waals surface area contributed by atoms with E-state index in [0.717, 1.165) is 0 Å². The van der Waals surface area contributed by atoms with E-state index >= 15 is 0 Å². The first kappa shape index (κ1) is 8.97. The van der Waals surface area contributed by atoms with Crippen LogP contribution in [0.3, 0.4) is 0 Å². The van der Waals surface area contributed by atoms with Crippen LogP contribution in [0.15, 0.2) is 0 Å². The molecule has 0 aromatic rings. The zero-order valence-electron chi connectivity index (χ0n) is 6.83. The highest BCUT2D eigenvalue weighted by molar-refractivity contribution is 4.75. The number of nitrogens with two attached hydrogens (primary N) is 1. The summed E-state index contributed by atoms with van der Waals surface area (Å²) in [6.07, 6.45) is 6.30. The Morgan fingerprint density at radius 2 is 2.00 bits per heavy atom. The summed E-state index contributed by atoms with van der Waals surface area (Å²) in [4.78, 5) is 4.03. The molecular weight excluding hydrogens is 142 g/mol. The maximum absolute atomic E-state index is 8.19. The Labute approximate surface area is 67.5 Å². The molecule has 3 heteroatoms. The monoisotopic (exact) mass is 159 g/mol. The van der Waals surface area contributed by atoms with Crippen molar-refractivity contribution >= 4 is 0 Å². The van der Waals surface area contributed by atoms with Crippen molar-refractivity contribution in [2.75, 3.05) is 6.61 Å². The lowest BCUT2D eigenvalue weighted by Gasteiger charge is -2.26. The van der Waals surface area contributed by atoms with E-state index in [1.807, 2.05) is 0 Å². The molecule has 1 saturated carbocycles. The maximum atomic E-state index is 8.19. The van der Waals surface area contributed by atoms with Crippen LogP contribution in [-0.4, -0.2) is 17.9 Å². The third kappa shape index (κ3) is 2.77. The van der Waals surface area contributed by atoms with E-state index in [4.69, 9.17) is 11.0 Å². The molecule has 0 amide bonds. The van der Waals surface area contributed by atoms with Crippen LogP contribution in [0.4, 0.5) is 0 Å². The number of hydrogen-bond donors (Lipinski definition) is 2. The van der Waals surface area contributed by atoms with E-state index in [9.17, 15) is 0 Å². The summed E-state index contributed by atoms with van der Waals surface area (Å²) < 4.78 is 0. The lowest BCUT2D eigenvalue weighted by molar-refractivity contribution is -0.247. The summed E-state index contributed by atoms with van der Waals surface area (Å²) in [6, 6.07) is 0.0281. The minimum Gasteiger partial charge on any atom is -0.325 e. The van der Waals surface area contributed by atoms with E-state index in [1.165, 1.54) is 32.1 Å². The Balaban J connectivity index is 2.21. The van der Waals surface area contributed by atoms with Crippen LogP contribution in [-0.2, 0) is 4.89 Å². The summed E-state index contributed by atoms with van der Waals surface area (Å²) in [5, 5.41) is 8.19. The molecule has 3 nitrogen and oxygen atoms in total. The first-order valence-corrected chi connectivity index (χ1v) is 4.36. The third-order valence-corrected chi connectivity index (χ3v) is 2.52. The highest BCUT2D eigenvalue weighted by Gasteiger charge is 2.20. The van der Waals surface area contributed by atoms with E-state index < -0.39 is 0 Å². The highest BCUT2D eigenvalue weighted by Crippen LogP contribution is 2.25. The molecule has 0 saturated heterocycles. The van der Waals surface area contributed by atoms with Gasteiger partial charge in [-0.25, -0.2) is 4.89 Å². The van der Waals surface area contributed by atoms with E-state index in [1.54, 1.807) is 0 Å². The zero-order valence-corrected chi connectivity index (χ0v) is 6.83. The van der Waals surface area contributed by atoms with Gasteiger partial charge in [0.2, 0.25) is 0 Å². The summed E-state index contributed by atoms with van der Waals surface area (Å²) >= 11 is 0. The quantitative estimate of drug-likeness (QED) is 0.483. The second-order valence-electron chi connectivity index (χ2n) is 3.36. The number of hydrogen-bond acceptors (Lipinski definition) is 3. The van der Waals surface area contributed by atoms with Crippen LogP contribution in [0, 0.1) is 5.92 Å². The molecule has 0 radical (unpaired) electrons. The Morgan fingerprint density at radius 3 is 2.55 bits per heavy atom. The summed E-state index contributed by atoms with van der Waals surface area (Å²) in [6.45, 7) is 0.282. The normalized spacial score (nSPS) is 23.5. The van der Waals surface area contributed by atoms with Crippen molar-refractivity contribution in [3.05, 3.63) is 0 Å². The third-order valence-electron chi connectivity index (χ3n) is 2.52. The second-order valence-corrected chi connectivity index (χ2v) is 3.36. The fourth-order valence-corrected chi connectivity index (χ4v) is 1.78. The molecule has 0 spiro atoms.